The van der Waals surface area contributed by atoms with Gasteiger partial charge in [0.05, 0.1) is 6.54 Å². The zero-order chi connectivity index (χ0) is 18.2. The summed E-state index contributed by atoms with van der Waals surface area (Å²) in [5.74, 6) is 2.33. The van der Waals surface area contributed by atoms with Gasteiger partial charge in [-0.15, -0.1) is 0 Å². The zero-order valence-corrected chi connectivity index (χ0v) is 15.7. The Balaban J connectivity index is 1.55. The molecule has 1 saturated heterocycles. The average molecular weight is 352 g/mol. The van der Waals surface area contributed by atoms with Crippen LogP contribution >= 0.6 is 0 Å². The Labute approximate surface area is 156 Å². The van der Waals surface area contributed by atoms with Gasteiger partial charge in [0, 0.05) is 46.1 Å². The van der Waals surface area contributed by atoms with Crippen molar-refractivity contribution in [3.8, 4) is 0 Å². The van der Waals surface area contributed by atoms with E-state index in [9.17, 15) is 0 Å². The van der Waals surface area contributed by atoms with Crippen LogP contribution in [0.3, 0.4) is 0 Å². The molecule has 0 bridgehead atoms. The predicted molar refractivity (Wildman–Crippen MR) is 106 cm³/mol. The van der Waals surface area contributed by atoms with Gasteiger partial charge in [-0.3, -0.25) is 0 Å². The Kier molecular flexibility index (Phi) is 6.41. The molecular weight excluding hydrogens is 324 g/mol. The van der Waals surface area contributed by atoms with E-state index in [-0.39, 0.29) is 0 Å². The lowest BCUT2D eigenvalue weighted by Crippen LogP contribution is -2.44. The van der Waals surface area contributed by atoms with Crippen LogP contribution in [0.2, 0.25) is 0 Å². The molecule has 0 spiro atoms. The maximum atomic E-state index is 4.75. The smallest absolute Gasteiger partial charge is 0.225 e. The Hall–Kier alpha value is -2.63. The first kappa shape index (κ1) is 18.2. The van der Waals surface area contributed by atoms with Crippen molar-refractivity contribution < 1.29 is 0 Å². The van der Waals surface area contributed by atoms with Crippen molar-refractivity contribution >= 4 is 11.9 Å². The van der Waals surface area contributed by atoms with E-state index >= 15 is 0 Å². The first-order chi connectivity index (χ1) is 12.7. The molecule has 6 nitrogen and oxygen atoms in total. The molecule has 3 rings (SSSR count). The molecule has 1 N–H and O–H groups in total. The van der Waals surface area contributed by atoms with Crippen molar-refractivity contribution in [2.45, 2.75) is 19.4 Å². The van der Waals surface area contributed by atoms with E-state index in [2.05, 4.69) is 44.5 Å². The van der Waals surface area contributed by atoms with E-state index in [0.29, 0.717) is 12.5 Å². The molecule has 1 aliphatic heterocycles. The maximum absolute atomic E-state index is 4.75. The second kappa shape index (κ2) is 9.17. The lowest BCUT2D eigenvalue weighted by molar-refractivity contribution is 0.401. The first-order valence-electron chi connectivity index (χ1n) is 9.24. The molecule has 138 valence electrons. The summed E-state index contributed by atoms with van der Waals surface area (Å²) in [7, 11) is 4.06. The summed E-state index contributed by atoms with van der Waals surface area (Å²) in [6.45, 7) is 3.62. The highest BCUT2D eigenvalue weighted by Crippen LogP contribution is 2.19. The second-order valence-electron chi connectivity index (χ2n) is 6.90. The van der Waals surface area contributed by atoms with Gasteiger partial charge in [0.1, 0.15) is 0 Å². The minimum Gasteiger partial charge on any atom is -0.356 e. The van der Waals surface area contributed by atoms with Crippen LogP contribution in [0.15, 0.2) is 53.8 Å². The minimum absolute atomic E-state index is 0.564. The third-order valence-corrected chi connectivity index (χ3v) is 4.58. The number of hydrogen-bond acceptors (Lipinski definition) is 4. The topological polar surface area (TPSA) is 56.6 Å². The average Bonchev–Trinajstić information content (AvgIpc) is 2.69. The molecule has 26 heavy (non-hydrogen) atoms. The van der Waals surface area contributed by atoms with Gasteiger partial charge < -0.3 is 15.1 Å². The van der Waals surface area contributed by atoms with Gasteiger partial charge in [-0.25, -0.2) is 15.0 Å². The molecule has 0 radical (unpaired) electrons. The number of anilines is 1. The normalized spacial score (nSPS) is 17.8. The minimum atomic E-state index is 0.564. The summed E-state index contributed by atoms with van der Waals surface area (Å²) < 4.78 is 0. The van der Waals surface area contributed by atoms with Gasteiger partial charge in [0.25, 0.3) is 0 Å². The fourth-order valence-corrected chi connectivity index (χ4v) is 3.21. The van der Waals surface area contributed by atoms with Crippen LogP contribution in [0, 0.1) is 5.92 Å². The Bertz CT molecular complexity index is 686. The van der Waals surface area contributed by atoms with Crippen molar-refractivity contribution in [1.29, 1.82) is 0 Å². The van der Waals surface area contributed by atoms with E-state index in [0.717, 1.165) is 31.5 Å². The monoisotopic (exact) mass is 352 g/mol. The number of guanidine groups is 1. The Morgan fingerprint density at radius 1 is 1.19 bits per heavy atom. The number of piperidine rings is 1. The van der Waals surface area contributed by atoms with Crippen LogP contribution in [0.25, 0.3) is 0 Å². The molecule has 1 aromatic heterocycles. The highest BCUT2D eigenvalue weighted by atomic mass is 15.3. The predicted octanol–water partition coefficient (Wildman–Crippen LogP) is 2.40. The van der Waals surface area contributed by atoms with Crippen LogP contribution in [0.4, 0.5) is 5.95 Å². The molecule has 1 fully saturated rings. The highest BCUT2D eigenvalue weighted by Gasteiger charge is 2.21. The third-order valence-electron chi connectivity index (χ3n) is 4.58. The van der Waals surface area contributed by atoms with Gasteiger partial charge in [-0.05, 0) is 30.4 Å². The van der Waals surface area contributed by atoms with Crippen molar-refractivity contribution in [2.75, 3.05) is 38.6 Å². The van der Waals surface area contributed by atoms with Gasteiger partial charge >= 0.3 is 0 Å². The van der Waals surface area contributed by atoms with E-state index in [1.54, 1.807) is 0 Å². The number of aromatic nitrogens is 2. The van der Waals surface area contributed by atoms with Crippen molar-refractivity contribution in [1.82, 2.24) is 20.2 Å². The molecule has 1 unspecified atom stereocenters. The number of nitrogens with zero attached hydrogens (tertiary/aromatic N) is 5. The number of rotatable bonds is 5. The number of nitrogens with one attached hydrogen (secondary N) is 1. The molecule has 6 heteroatoms. The molecule has 2 heterocycles. The van der Waals surface area contributed by atoms with Crippen LogP contribution in [0.1, 0.15) is 18.4 Å². The van der Waals surface area contributed by atoms with E-state index in [4.69, 9.17) is 4.99 Å². The lowest BCUT2D eigenvalue weighted by atomic mass is 9.98. The molecule has 0 saturated carbocycles. The summed E-state index contributed by atoms with van der Waals surface area (Å²) >= 11 is 0. The SMILES string of the molecule is CN(C)C(=NCc1ccccc1)NCC1CCCN(c2ncccn2)C1. The van der Waals surface area contributed by atoms with Crippen LogP contribution in [-0.4, -0.2) is 54.6 Å². The third kappa shape index (κ3) is 5.18. The van der Waals surface area contributed by atoms with Crippen molar-refractivity contribution in [3.05, 3.63) is 54.4 Å². The standard InChI is InChI=1S/C20H28N6/c1-25(2)19(23-14-17-8-4-3-5-9-17)24-15-18-10-6-13-26(16-18)20-21-11-7-12-22-20/h3-5,7-9,11-12,18H,6,10,13-16H2,1-2H3,(H,23,24). The molecule has 0 aliphatic carbocycles. The summed E-state index contributed by atoms with van der Waals surface area (Å²) in [6, 6.07) is 12.2. The number of aliphatic imine (C=N–C) groups is 1. The van der Waals surface area contributed by atoms with Gasteiger partial charge in [-0.2, -0.15) is 0 Å². The molecule has 1 aliphatic rings. The highest BCUT2D eigenvalue weighted by molar-refractivity contribution is 5.79. The summed E-state index contributed by atoms with van der Waals surface area (Å²) in [6.07, 6.45) is 6.01. The van der Waals surface area contributed by atoms with Crippen LogP contribution in [0.5, 0.6) is 0 Å². The second-order valence-corrected chi connectivity index (χ2v) is 6.90. The van der Waals surface area contributed by atoms with E-state index in [1.165, 1.54) is 18.4 Å². The van der Waals surface area contributed by atoms with Crippen LogP contribution in [-0.2, 0) is 6.54 Å². The fraction of sp³-hybridized carbons (Fsp3) is 0.450. The lowest BCUT2D eigenvalue weighted by Gasteiger charge is -2.33. The van der Waals surface area contributed by atoms with Crippen LogP contribution < -0.4 is 10.2 Å². The van der Waals surface area contributed by atoms with E-state index in [1.807, 2.05) is 43.5 Å². The number of hydrogen-bond donors (Lipinski definition) is 1. The van der Waals surface area contributed by atoms with Gasteiger partial charge in [0.2, 0.25) is 5.95 Å². The van der Waals surface area contributed by atoms with Gasteiger partial charge in [-0.1, -0.05) is 30.3 Å². The maximum Gasteiger partial charge on any atom is 0.225 e. The number of benzene rings is 1. The first-order valence-corrected chi connectivity index (χ1v) is 9.24. The largest absolute Gasteiger partial charge is 0.356 e. The molecular formula is C20H28N6. The molecule has 1 atom stereocenters. The van der Waals surface area contributed by atoms with Crippen molar-refractivity contribution in [3.63, 3.8) is 0 Å². The molecule has 1 aromatic carbocycles. The Morgan fingerprint density at radius 2 is 1.96 bits per heavy atom. The van der Waals surface area contributed by atoms with Gasteiger partial charge in [0.15, 0.2) is 5.96 Å². The zero-order valence-electron chi connectivity index (χ0n) is 15.7. The summed E-state index contributed by atoms with van der Waals surface area (Å²) in [4.78, 5) is 17.8. The summed E-state index contributed by atoms with van der Waals surface area (Å²) in [5.41, 5.74) is 1.22. The summed E-state index contributed by atoms with van der Waals surface area (Å²) in [5, 5.41) is 3.54. The van der Waals surface area contributed by atoms with Crippen molar-refractivity contribution in [2.24, 2.45) is 10.9 Å². The van der Waals surface area contributed by atoms with E-state index < -0.39 is 0 Å². The Morgan fingerprint density at radius 3 is 2.69 bits per heavy atom. The molecule has 2 aromatic rings. The quantitative estimate of drug-likeness (QED) is 0.661. The fourth-order valence-electron chi connectivity index (χ4n) is 3.21. The molecule has 0 amide bonds.